The van der Waals surface area contributed by atoms with Crippen LogP contribution in [-0.4, -0.2) is 43.4 Å². The van der Waals surface area contributed by atoms with Gasteiger partial charge in [0, 0.05) is 28.6 Å². The molecule has 10 nitrogen and oxygen atoms in total. The number of nitro benzene ring substituents is 1. The summed E-state index contributed by atoms with van der Waals surface area (Å²) in [7, 11) is 0. The van der Waals surface area contributed by atoms with Crippen molar-refractivity contribution in [1.82, 2.24) is 0 Å². The lowest BCUT2D eigenvalue weighted by molar-refractivity contribution is -0.384. The highest BCUT2D eigenvalue weighted by atomic mass is 35.5. The van der Waals surface area contributed by atoms with Crippen LogP contribution in [0, 0.1) is 57.0 Å². The van der Waals surface area contributed by atoms with E-state index in [9.17, 15) is 47.6 Å². The fourth-order valence-electron chi connectivity index (χ4n) is 7.65. The van der Waals surface area contributed by atoms with Crippen LogP contribution in [0.3, 0.4) is 0 Å². The highest BCUT2D eigenvalue weighted by Gasteiger charge is 2.77. The van der Waals surface area contributed by atoms with Crippen molar-refractivity contribution in [2.75, 3.05) is 9.80 Å². The smallest absolute Gasteiger partial charge is 0.269 e. The lowest BCUT2D eigenvalue weighted by Gasteiger charge is -2.50. The zero-order chi connectivity index (χ0) is 36.4. The molecule has 18 heteroatoms. The zero-order valence-corrected chi connectivity index (χ0v) is 26.9. The number of carbonyl (C=O) groups is 4. The van der Waals surface area contributed by atoms with Crippen LogP contribution in [0.15, 0.2) is 54.1 Å². The first kappa shape index (κ1) is 33.9. The number of nitro groups is 1. The summed E-state index contributed by atoms with van der Waals surface area (Å²) in [6.45, 7) is 0. The maximum atomic E-state index is 15.2. The fourth-order valence-corrected chi connectivity index (χ4v) is 8.75. The van der Waals surface area contributed by atoms with Crippen molar-refractivity contribution < 1.29 is 51.2 Å². The molecular weight excluding hydrogens is 740 g/mol. The highest BCUT2D eigenvalue weighted by molar-refractivity contribution is 6.58. The van der Waals surface area contributed by atoms with Gasteiger partial charge in [-0.25, -0.2) is 26.9 Å². The van der Waals surface area contributed by atoms with Gasteiger partial charge in [-0.2, -0.15) is 0 Å². The first-order chi connectivity index (χ1) is 23.5. The van der Waals surface area contributed by atoms with Crippen LogP contribution in [0.25, 0.3) is 0 Å². The number of non-ortho nitro benzene ring substituents is 1. The number of phenols is 1. The van der Waals surface area contributed by atoms with Gasteiger partial charge in [0.1, 0.15) is 11.4 Å². The van der Waals surface area contributed by atoms with E-state index in [2.05, 4.69) is 0 Å². The summed E-state index contributed by atoms with van der Waals surface area (Å²) in [5, 5.41) is 22.2. The van der Waals surface area contributed by atoms with Gasteiger partial charge in [0.15, 0.2) is 33.0 Å². The summed E-state index contributed by atoms with van der Waals surface area (Å²) in [6, 6.07) is 8.03. The third-order valence-corrected chi connectivity index (χ3v) is 11.5. The number of rotatable bonds is 4. The molecule has 0 aromatic heterocycles. The number of phenolic OH excluding ortho intramolecular Hbond substituents is 1. The van der Waals surface area contributed by atoms with Gasteiger partial charge in [-0.3, -0.25) is 34.2 Å². The number of nitrogens with zero attached hydrogens (tertiary/aromatic N) is 3. The Morgan fingerprint density at radius 3 is 2.02 bits per heavy atom. The summed E-state index contributed by atoms with van der Waals surface area (Å²) in [6.07, 6.45) is 0.529. The van der Waals surface area contributed by atoms with Crippen LogP contribution in [0.1, 0.15) is 24.3 Å². The second-order valence-electron chi connectivity index (χ2n) is 12.2. The van der Waals surface area contributed by atoms with Gasteiger partial charge in [-0.15, -0.1) is 23.2 Å². The Kier molecular flexibility index (Phi) is 7.59. The minimum absolute atomic E-state index is 0.0155. The molecule has 0 unspecified atom stereocenters. The van der Waals surface area contributed by atoms with Crippen LogP contribution in [0.4, 0.5) is 39.0 Å². The van der Waals surface area contributed by atoms with E-state index < -0.39 is 109 Å². The molecule has 50 heavy (non-hydrogen) atoms. The van der Waals surface area contributed by atoms with E-state index in [1.54, 1.807) is 0 Å². The average Bonchev–Trinajstić information content (AvgIpc) is 3.42. The molecule has 7 rings (SSSR count). The van der Waals surface area contributed by atoms with Gasteiger partial charge in [-0.05, 0) is 49.1 Å². The number of imide groups is 2. The van der Waals surface area contributed by atoms with Crippen LogP contribution in [0.2, 0.25) is 5.02 Å². The number of aromatic hydroxyl groups is 1. The number of amides is 4. The van der Waals surface area contributed by atoms with Crippen molar-refractivity contribution in [3.63, 3.8) is 0 Å². The summed E-state index contributed by atoms with van der Waals surface area (Å²) in [5.74, 6) is -23.4. The predicted molar refractivity (Wildman–Crippen MR) is 165 cm³/mol. The predicted octanol–water partition coefficient (Wildman–Crippen LogP) is 6.42. The first-order valence-electron chi connectivity index (χ1n) is 14.6. The minimum atomic E-state index is -2.84. The summed E-state index contributed by atoms with van der Waals surface area (Å²) in [5.41, 5.74) is -2.42. The number of allylic oxidation sites excluding steroid dienone is 2. The normalized spacial score (nSPS) is 28.8. The number of benzene rings is 3. The Balaban J connectivity index is 1.42. The van der Waals surface area contributed by atoms with Crippen molar-refractivity contribution in [3.05, 3.63) is 104 Å². The second-order valence-corrected chi connectivity index (χ2v) is 13.9. The van der Waals surface area contributed by atoms with Gasteiger partial charge in [-0.1, -0.05) is 23.3 Å². The molecule has 1 N–H and O–H groups in total. The molecule has 2 aliphatic heterocycles. The maximum absolute atomic E-state index is 15.2. The van der Waals surface area contributed by atoms with Gasteiger partial charge in [0.25, 0.3) is 17.5 Å². The molecule has 258 valence electrons. The molecule has 3 aromatic carbocycles. The van der Waals surface area contributed by atoms with E-state index in [1.165, 1.54) is 24.3 Å². The number of hydrogen-bond donors (Lipinski definition) is 1. The molecule has 2 aliphatic carbocycles. The molecule has 0 radical (unpaired) electrons. The number of carbonyl (C=O) groups excluding carboxylic acids is 4. The fraction of sp³-hybridized carbons (Fsp3) is 0.250. The van der Waals surface area contributed by atoms with Gasteiger partial charge >= 0.3 is 0 Å². The van der Waals surface area contributed by atoms with Crippen LogP contribution in [0.5, 0.6) is 5.75 Å². The third-order valence-electron chi connectivity index (χ3n) is 9.84. The maximum Gasteiger partial charge on any atom is 0.269 e. The molecule has 6 atom stereocenters. The van der Waals surface area contributed by atoms with Crippen molar-refractivity contribution in [1.29, 1.82) is 0 Å². The third kappa shape index (κ3) is 4.26. The van der Waals surface area contributed by atoms with Gasteiger partial charge in [0.05, 0.1) is 22.4 Å². The number of hydrogen-bond acceptors (Lipinski definition) is 7. The van der Waals surface area contributed by atoms with E-state index in [0.29, 0.717) is 0 Å². The quantitative estimate of drug-likeness (QED) is 0.0474. The zero-order valence-electron chi connectivity index (χ0n) is 24.6. The molecule has 2 saturated heterocycles. The number of alkyl halides is 2. The number of halogens is 8. The largest absolute Gasteiger partial charge is 0.508 e. The van der Waals surface area contributed by atoms with E-state index in [4.69, 9.17) is 34.8 Å². The average molecular weight is 757 g/mol. The Bertz CT molecular complexity index is 2120. The highest BCUT2D eigenvalue weighted by Crippen LogP contribution is 2.67. The topological polar surface area (TPSA) is 138 Å². The Labute approximate surface area is 291 Å². The molecule has 3 aromatic rings. The summed E-state index contributed by atoms with van der Waals surface area (Å²) >= 11 is 20.3. The van der Waals surface area contributed by atoms with E-state index in [0.717, 1.165) is 29.2 Å². The Morgan fingerprint density at radius 1 is 0.820 bits per heavy atom. The molecule has 4 aliphatic rings. The van der Waals surface area contributed by atoms with E-state index in [-0.39, 0.29) is 38.9 Å². The van der Waals surface area contributed by atoms with Crippen molar-refractivity contribution in [2.45, 2.75) is 28.5 Å². The number of anilines is 2. The van der Waals surface area contributed by atoms with Crippen molar-refractivity contribution in [3.8, 4) is 5.75 Å². The first-order valence-corrected chi connectivity index (χ1v) is 15.7. The number of fused-ring (bicyclic) bond motifs is 4. The van der Waals surface area contributed by atoms with Crippen LogP contribution >= 0.6 is 34.8 Å². The molecule has 4 amide bonds. The van der Waals surface area contributed by atoms with Crippen molar-refractivity contribution in [2.24, 2.45) is 17.8 Å². The van der Waals surface area contributed by atoms with Gasteiger partial charge in [0.2, 0.25) is 17.6 Å². The molecule has 3 fully saturated rings. The summed E-state index contributed by atoms with van der Waals surface area (Å²) in [4.78, 5) is 61.6. The molecular formula is C32H17Cl3F5N3O7. The Morgan fingerprint density at radius 2 is 1.42 bits per heavy atom. The molecule has 0 bridgehead atoms. The molecule has 0 spiro atoms. The van der Waals surface area contributed by atoms with Crippen LogP contribution in [-0.2, 0) is 19.2 Å². The monoisotopic (exact) mass is 755 g/mol. The Hall–Kier alpha value is -4.60. The lowest BCUT2D eigenvalue weighted by Crippen LogP contribution is -2.60. The summed E-state index contributed by atoms with van der Waals surface area (Å²) < 4.78 is 73.1. The standard InChI is InChI=1S/C32H17Cl3F5N3O7/c33-11-1-8-18(44)16(9-11)20-14-6-7-15-19(28(46)41(27(15)45)12-2-4-13(5-3-12)43(49)50)17(14)10-31(34)29(47)42(30(48)32(20,31)35)26-24(39)22(37)21(36)23(38)25(26)40/h1-6,8-9,15,17,19-20,44H,7,10H2/t15-,17+,19-,20+,31+,32-/m0/s1. The van der Waals surface area contributed by atoms with Gasteiger partial charge < -0.3 is 5.11 Å². The van der Waals surface area contributed by atoms with E-state index >= 15 is 8.78 Å². The molecule has 2 heterocycles. The van der Waals surface area contributed by atoms with E-state index in [1.807, 2.05) is 0 Å². The second kappa shape index (κ2) is 11.2. The van der Waals surface area contributed by atoms with Crippen LogP contribution < -0.4 is 9.80 Å². The van der Waals surface area contributed by atoms with Crippen molar-refractivity contribution >= 4 is 75.5 Å². The minimum Gasteiger partial charge on any atom is -0.508 e. The lowest BCUT2D eigenvalue weighted by atomic mass is 9.56. The molecule has 1 saturated carbocycles. The SMILES string of the molecule is O=C1[C@H]2[C@H](CC=C3[C@H]2C[C@@]2(Cl)C(=O)N(c4c(F)c(F)c(F)c(F)c4F)C(=O)[C@@]2(Cl)[C@H]3c2cc(Cl)ccc2O)C(=O)N1c1ccc([N+](=O)[O-])cc1.